The number of hydrogen-bond donors (Lipinski definition) is 2. The highest BCUT2D eigenvalue weighted by Gasteiger charge is 2.39. The van der Waals surface area contributed by atoms with E-state index in [4.69, 9.17) is 5.73 Å². The number of benzene rings is 1. The van der Waals surface area contributed by atoms with Crippen LogP contribution in [0.1, 0.15) is 11.1 Å². The van der Waals surface area contributed by atoms with Gasteiger partial charge in [0.25, 0.3) is 0 Å². The molecule has 0 radical (unpaired) electrons. The molecule has 94 valence electrons. The molecule has 0 spiro atoms. The molecule has 0 saturated heterocycles. The van der Waals surface area contributed by atoms with Crippen LogP contribution in [0.15, 0.2) is 24.3 Å². The van der Waals surface area contributed by atoms with Gasteiger partial charge < -0.3 is 11.1 Å². The van der Waals surface area contributed by atoms with Crippen LogP contribution in [0.4, 0.5) is 13.2 Å². The van der Waals surface area contributed by atoms with Gasteiger partial charge in [0.05, 0.1) is 6.54 Å². The van der Waals surface area contributed by atoms with Gasteiger partial charge in [0.1, 0.15) is 0 Å². The van der Waals surface area contributed by atoms with Gasteiger partial charge in [0, 0.05) is 12.1 Å². The highest BCUT2D eigenvalue weighted by atomic mass is 19.4. The molecule has 0 bridgehead atoms. The summed E-state index contributed by atoms with van der Waals surface area (Å²) >= 11 is 0. The molecule has 17 heavy (non-hydrogen) atoms. The number of nitrogens with two attached hydrogens (primary N) is 1. The maximum atomic E-state index is 12.2. The molecule has 1 aromatic carbocycles. The first-order valence-electron chi connectivity index (χ1n) is 5.53. The van der Waals surface area contributed by atoms with Crippen molar-refractivity contribution in [1.82, 2.24) is 5.32 Å². The van der Waals surface area contributed by atoms with Gasteiger partial charge in [-0.3, -0.25) is 0 Å². The molecule has 1 aliphatic carbocycles. The van der Waals surface area contributed by atoms with E-state index in [1.165, 1.54) is 0 Å². The van der Waals surface area contributed by atoms with Gasteiger partial charge in [-0.15, -0.1) is 0 Å². The van der Waals surface area contributed by atoms with E-state index < -0.39 is 18.3 Å². The van der Waals surface area contributed by atoms with Crippen molar-refractivity contribution in [3.05, 3.63) is 35.4 Å². The number of halogens is 3. The van der Waals surface area contributed by atoms with E-state index in [0.29, 0.717) is 12.8 Å². The Morgan fingerprint density at radius 2 is 1.71 bits per heavy atom. The number of nitrogens with one attached hydrogen (secondary N) is 1. The monoisotopic (exact) mass is 244 g/mol. The quantitative estimate of drug-likeness (QED) is 0.848. The smallest absolute Gasteiger partial charge is 0.329 e. The molecule has 1 aromatic rings. The van der Waals surface area contributed by atoms with E-state index in [0.717, 1.165) is 11.1 Å². The van der Waals surface area contributed by atoms with Crippen molar-refractivity contribution in [3.8, 4) is 0 Å². The van der Waals surface area contributed by atoms with Gasteiger partial charge in [-0.25, -0.2) is 0 Å². The average Bonchev–Trinajstić information content (AvgIpc) is 2.65. The van der Waals surface area contributed by atoms with Crippen LogP contribution in [-0.4, -0.2) is 24.8 Å². The van der Waals surface area contributed by atoms with Crippen LogP contribution in [0, 0.1) is 0 Å². The van der Waals surface area contributed by atoms with Crippen molar-refractivity contribution in [2.24, 2.45) is 5.73 Å². The van der Waals surface area contributed by atoms with Gasteiger partial charge in [-0.2, -0.15) is 13.2 Å². The van der Waals surface area contributed by atoms with Crippen molar-refractivity contribution >= 4 is 0 Å². The maximum absolute atomic E-state index is 12.2. The normalized spacial score (nSPS) is 18.1. The predicted molar refractivity (Wildman–Crippen MR) is 59.7 cm³/mol. The number of alkyl halides is 3. The molecule has 1 aliphatic rings. The molecule has 0 unspecified atom stereocenters. The SMILES string of the molecule is NCC1(NCC(F)(F)F)Cc2ccccc2C1. The second-order valence-corrected chi connectivity index (χ2v) is 4.58. The lowest BCUT2D eigenvalue weighted by Crippen LogP contribution is -2.54. The highest BCUT2D eigenvalue weighted by Crippen LogP contribution is 2.30. The van der Waals surface area contributed by atoms with E-state index >= 15 is 0 Å². The van der Waals surface area contributed by atoms with Crippen LogP contribution in [0.2, 0.25) is 0 Å². The van der Waals surface area contributed by atoms with E-state index in [2.05, 4.69) is 5.32 Å². The van der Waals surface area contributed by atoms with Gasteiger partial charge in [0.2, 0.25) is 0 Å². The van der Waals surface area contributed by atoms with E-state index in [9.17, 15) is 13.2 Å². The van der Waals surface area contributed by atoms with Gasteiger partial charge in [0.15, 0.2) is 0 Å². The summed E-state index contributed by atoms with van der Waals surface area (Å²) < 4.78 is 36.7. The van der Waals surface area contributed by atoms with E-state index in [1.807, 2.05) is 24.3 Å². The van der Waals surface area contributed by atoms with Crippen LogP contribution in [0.5, 0.6) is 0 Å². The zero-order valence-corrected chi connectivity index (χ0v) is 9.35. The lowest BCUT2D eigenvalue weighted by atomic mass is 9.96. The summed E-state index contributed by atoms with van der Waals surface area (Å²) in [4.78, 5) is 0. The third-order valence-electron chi connectivity index (χ3n) is 3.23. The fourth-order valence-corrected chi connectivity index (χ4v) is 2.32. The predicted octanol–water partition coefficient (Wildman–Crippen LogP) is 1.63. The molecule has 2 nitrogen and oxygen atoms in total. The third-order valence-corrected chi connectivity index (χ3v) is 3.23. The van der Waals surface area contributed by atoms with Crippen LogP contribution >= 0.6 is 0 Å². The summed E-state index contributed by atoms with van der Waals surface area (Å²) in [6.45, 7) is -0.782. The average molecular weight is 244 g/mol. The van der Waals surface area contributed by atoms with Crippen molar-refractivity contribution in [2.75, 3.05) is 13.1 Å². The zero-order valence-electron chi connectivity index (χ0n) is 9.35. The number of rotatable bonds is 3. The summed E-state index contributed by atoms with van der Waals surface area (Å²) in [6, 6.07) is 7.69. The number of hydrogen-bond acceptors (Lipinski definition) is 2. The van der Waals surface area contributed by atoms with Crippen molar-refractivity contribution in [3.63, 3.8) is 0 Å². The Labute approximate surface area is 98.0 Å². The Hall–Kier alpha value is -1.07. The largest absolute Gasteiger partial charge is 0.401 e. The minimum atomic E-state index is -4.20. The summed E-state index contributed by atoms with van der Waals surface area (Å²) in [5, 5.41) is 2.58. The van der Waals surface area contributed by atoms with Crippen LogP contribution < -0.4 is 11.1 Å². The standard InChI is InChI=1S/C12H15F3N2/c13-12(14,15)8-17-11(7-16)5-9-3-1-2-4-10(9)6-11/h1-4,17H,5-8,16H2. The lowest BCUT2D eigenvalue weighted by molar-refractivity contribution is -0.128. The highest BCUT2D eigenvalue weighted by molar-refractivity contribution is 5.36. The zero-order chi connectivity index (χ0) is 12.5. The lowest BCUT2D eigenvalue weighted by Gasteiger charge is -2.29. The Balaban J connectivity index is 2.10. The molecule has 2 rings (SSSR count). The first-order valence-corrected chi connectivity index (χ1v) is 5.53. The van der Waals surface area contributed by atoms with Gasteiger partial charge >= 0.3 is 6.18 Å². The molecule has 0 atom stereocenters. The molecular formula is C12H15F3N2. The van der Waals surface area contributed by atoms with Gasteiger partial charge in [-0.1, -0.05) is 24.3 Å². The minimum absolute atomic E-state index is 0.206. The van der Waals surface area contributed by atoms with Crippen molar-refractivity contribution in [2.45, 2.75) is 24.6 Å². The van der Waals surface area contributed by atoms with Crippen molar-refractivity contribution in [1.29, 1.82) is 0 Å². The van der Waals surface area contributed by atoms with Crippen LogP contribution in [-0.2, 0) is 12.8 Å². The first-order chi connectivity index (χ1) is 7.94. The summed E-state index contributed by atoms with van der Waals surface area (Å²) in [6.07, 6.45) is -3.07. The summed E-state index contributed by atoms with van der Waals surface area (Å²) in [7, 11) is 0. The topological polar surface area (TPSA) is 38.0 Å². The second kappa shape index (κ2) is 4.31. The molecule has 0 aliphatic heterocycles. The van der Waals surface area contributed by atoms with E-state index in [-0.39, 0.29) is 6.54 Å². The Morgan fingerprint density at radius 3 is 2.12 bits per heavy atom. The molecular weight excluding hydrogens is 229 g/mol. The fraction of sp³-hybridized carbons (Fsp3) is 0.500. The molecule has 5 heteroatoms. The van der Waals surface area contributed by atoms with Crippen LogP contribution in [0.3, 0.4) is 0 Å². The molecule has 0 fully saturated rings. The summed E-state index contributed by atoms with van der Waals surface area (Å²) in [5.74, 6) is 0. The number of fused-ring (bicyclic) bond motifs is 1. The van der Waals surface area contributed by atoms with Crippen molar-refractivity contribution < 1.29 is 13.2 Å². The Morgan fingerprint density at radius 1 is 1.18 bits per heavy atom. The summed E-state index contributed by atoms with van der Waals surface area (Å²) in [5.41, 5.74) is 7.19. The second-order valence-electron chi connectivity index (χ2n) is 4.58. The molecule has 3 N–H and O–H groups in total. The fourth-order valence-electron chi connectivity index (χ4n) is 2.32. The van der Waals surface area contributed by atoms with Crippen LogP contribution in [0.25, 0.3) is 0 Å². The van der Waals surface area contributed by atoms with Gasteiger partial charge in [-0.05, 0) is 24.0 Å². The molecule has 0 heterocycles. The van der Waals surface area contributed by atoms with E-state index in [1.54, 1.807) is 0 Å². The molecule has 0 amide bonds. The third kappa shape index (κ3) is 2.79. The first kappa shape index (κ1) is 12.4. The minimum Gasteiger partial charge on any atom is -0.329 e. The Bertz CT molecular complexity index is 376. The maximum Gasteiger partial charge on any atom is 0.401 e. The molecule has 0 saturated carbocycles. The molecule has 0 aromatic heterocycles. The Kier molecular flexibility index (Phi) is 3.14.